The molecule has 0 bridgehead atoms. The van der Waals surface area contributed by atoms with E-state index in [4.69, 9.17) is 4.98 Å². The monoisotopic (exact) mass is 561 g/mol. The molecule has 0 radical (unpaired) electrons. The smallest absolute Gasteiger partial charge is 0.229 e. The van der Waals surface area contributed by atoms with Gasteiger partial charge in [-0.1, -0.05) is 13.0 Å². The van der Waals surface area contributed by atoms with Crippen LogP contribution in [0.4, 0.5) is 23.1 Å². The lowest BCUT2D eigenvalue weighted by molar-refractivity contribution is 0.229. The van der Waals surface area contributed by atoms with E-state index >= 15 is 0 Å². The van der Waals surface area contributed by atoms with Crippen molar-refractivity contribution in [3.05, 3.63) is 60.4 Å². The lowest BCUT2D eigenvalue weighted by atomic mass is 10.2. The molecule has 1 fully saturated rings. The fourth-order valence-corrected chi connectivity index (χ4v) is 5.44. The van der Waals surface area contributed by atoms with Crippen molar-refractivity contribution in [3.63, 3.8) is 0 Å². The van der Waals surface area contributed by atoms with Gasteiger partial charge in [0.05, 0.1) is 0 Å². The van der Waals surface area contributed by atoms with E-state index in [-0.39, 0.29) is 0 Å². The van der Waals surface area contributed by atoms with E-state index < -0.39 is 9.73 Å². The molecule has 0 aliphatic carbocycles. The molecule has 4 heterocycles. The van der Waals surface area contributed by atoms with Crippen LogP contribution in [0.3, 0.4) is 0 Å². The van der Waals surface area contributed by atoms with Crippen LogP contribution < -0.4 is 10.2 Å². The van der Waals surface area contributed by atoms with E-state index in [9.17, 15) is 4.21 Å². The lowest BCUT2D eigenvalue weighted by Gasteiger charge is -2.36. The number of piperazine rings is 1. The second-order valence-electron chi connectivity index (χ2n) is 10.7. The van der Waals surface area contributed by atoms with Gasteiger partial charge in [0.1, 0.15) is 5.82 Å². The number of likely N-dealkylation sites (N-methyl/N-ethyl adjacent to an activating group) is 1. The fraction of sp³-hybridized carbons (Fsp3) is 0.414. The Kier molecular flexibility index (Phi) is 8.34. The molecule has 1 aromatic carbocycles. The van der Waals surface area contributed by atoms with Crippen LogP contribution in [0.2, 0.25) is 0 Å². The van der Waals surface area contributed by atoms with Crippen molar-refractivity contribution in [2.75, 3.05) is 76.1 Å². The molecule has 1 saturated heterocycles. The van der Waals surface area contributed by atoms with Crippen LogP contribution in [0.1, 0.15) is 12.6 Å². The number of hydrogen-bond acceptors (Lipinski definition) is 9. The molecule has 0 amide bonds. The van der Waals surface area contributed by atoms with Gasteiger partial charge in [0.25, 0.3) is 0 Å². The molecule has 3 aromatic heterocycles. The van der Waals surface area contributed by atoms with E-state index in [0.29, 0.717) is 17.6 Å². The van der Waals surface area contributed by atoms with Gasteiger partial charge < -0.3 is 15.1 Å². The van der Waals surface area contributed by atoms with Crippen molar-refractivity contribution in [1.29, 1.82) is 0 Å². The second kappa shape index (κ2) is 11.9. The maximum atomic E-state index is 12.2. The van der Waals surface area contributed by atoms with Crippen molar-refractivity contribution in [1.82, 2.24) is 29.3 Å². The number of nitrogens with one attached hydrogen (secondary N) is 1. The first-order valence-electron chi connectivity index (χ1n) is 13.7. The van der Waals surface area contributed by atoms with Crippen LogP contribution in [0, 0.1) is 0 Å². The highest BCUT2D eigenvalue weighted by Gasteiger charge is 2.18. The summed E-state index contributed by atoms with van der Waals surface area (Å²) in [6, 6.07) is 16.1. The van der Waals surface area contributed by atoms with Gasteiger partial charge >= 0.3 is 0 Å². The van der Waals surface area contributed by atoms with Gasteiger partial charge in [-0.05, 0) is 63.0 Å². The molecule has 0 saturated carbocycles. The van der Waals surface area contributed by atoms with Crippen molar-refractivity contribution in [3.8, 4) is 5.82 Å². The molecule has 10 nitrogen and oxygen atoms in total. The standard InChI is InChI=1S/C29H39N9OS/c1-6-24-20-22-21-30-29(33-28(22)38(24)27-9-7-8-26(32-27)34-40(4,5)39)31-23-10-12-25(13-11-23)37-18-16-36(17-19-37)15-14-35(2)3/h7-13,20-21H,6,14-19H2,1-5H3,(H,30,31,33). The van der Waals surface area contributed by atoms with Crippen molar-refractivity contribution in [2.24, 2.45) is 4.36 Å². The first kappa shape index (κ1) is 28.0. The number of hydrogen-bond donors (Lipinski definition) is 1. The quantitative estimate of drug-likeness (QED) is 0.326. The van der Waals surface area contributed by atoms with E-state index in [1.165, 1.54) is 5.69 Å². The van der Waals surface area contributed by atoms with Crippen LogP contribution in [-0.2, 0) is 16.1 Å². The first-order valence-corrected chi connectivity index (χ1v) is 16.0. The summed E-state index contributed by atoms with van der Waals surface area (Å²) in [6.07, 6.45) is 5.85. The highest BCUT2D eigenvalue weighted by molar-refractivity contribution is 7.92. The molecule has 0 unspecified atom stereocenters. The Morgan fingerprint density at radius 2 is 1.77 bits per heavy atom. The number of rotatable bonds is 9. The average molecular weight is 562 g/mol. The van der Waals surface area contributed by atoms with Gasteiger partial charge in [0.2, 0.25) is 5.95 Å². The molecule has 1 aliphatic rings. The Bertz CT molecular complexity index is 1570. The minimum absolute atomic E-state index is 0.443. The van der Waals surface area contributed by atoms with Gasteiger partial charge in [-0.3, -0.25) is 9.47 Å². The fourth-order valence-electron chi connectivity index (χ4n) is 4.89. The van der Waals surface area contributed by atoms with E-state index in [2.05, 4.69) is 85.7 Å². The molecule has 212 valence electrons. The predicted molar refractivity (Wildman–Crippen MR) is 165 cm³/mol. The van der Waals surface area contributed by atoms with E-state index in [0.717, 1.165) is 68.1 Å². The Morgan fingerprint density at radius 1 is 1.02 bits per heavy atom. The molecule has 0 atom stereocenters. The number of aromatic nitrogens is 4. The summed E-state index contributed by atoms with van der Waals surface area (Å²) in [6.45, 7) is 8.55. The summed E-state index contributed by atoms with van der Waals surface area (Å²) in [5, 5.41) is 4.30. The minimum Gasteiger partial charge on any atom is -0.369 e. The third kappa shape index (κ3) is 6.78. The molecule has 1 N–H and O–H groups in total. The zero-order chi connectivity index (χ0) is 28.3. The second-order valence-corrected chi connectivity index (χ2v) is 13.3. The zero-order valence-electron chi connectivity index (χ0n) is 24.0. The number of fused-ring (bicyclic) bond motifs is 1. The van der Waals surface area contributed by atoms with Crippen LogP contribution in [0.15, 0.2) is 59.1 Å². The highest BCUT2D eigenvalue weighted by atomic mass is 32.2. The molecule has 11 heteroatoms. The SMILES string of the molecule is CCc1cc2cnc(Nc3ccc(N4CCN(CCN(C)C)CC4)cc3)nc2n1-c1cccc(N=S(C)(C)=O)n1. The number of anilines is 3. The van der Waals surface area contributed by atoms with Crippen molar-refractivity contribution >= 4 is 43.9 Å². The normalized spacial score (nSPS) is 14.7. The van der Waals surface area contributed by atoms with Crippen molar-refractivity contribution < 1.29 is 4.21 Å². The number of nitrogens with zero attached hydrogens (tertiary/aromatic N) is 8. The summed E-state index contributed by atoms with van der Waals surface area (Å²) in [7, 11) is 1.93. The molecule has 40 heavy (non-hydrogen) atoms. The summed E-state index contributed by atoms with van der Waals surface area (Å²) in [5.41, 5.74) is 3.98. The number of aryl methyl sites for hydroxylation is 1. The Labute approximate surface area is 237 Å². The molecular weight excluding hydrogens is 522 g/mol. The Balaban J connectivity index is 1.33. The largest absolute Gasteiger partial charge is 0.369 e. The Morgan fingerprint density at radius 3 is 2.45 bits per heavy atom. The summed E-state index contributed by atoms with van der Waals surface area (Å²) in [4.78, 5) is 21.3. The first-order chi connectivity index (χ1) is 19.2. The molecule has 4 aromatic rings. The maximum Gasteiger partial charge on any atom is 0.229 e. The average Bonchev–Trinajstić information content (AvgIpc) is 3.30. The van der Waals surface area contributed by atoms with Crippen LogP contribution in [-0.4, -0.2) is 99.4 Å². The molecule has 5 rings (SSSR count). The molecule has 1 aliphatic heterocycles. The third-order valence-electron chi connectivity index (χ3n) is 6.97. The van der Waals surface area contributed by atoms with Gasteiger partial charge in [-0.2, -0.15) is 9.35 Å². The van der Waals surface area contributed by atoms with Crippen LogP contribution >= 0.6 is 0 Å². The topological polar surface area (TPSA) is 94.8 Å². The van der Waals surface area contributed by atoms with Gasteiger partial charge in [-0.15, -0.1) is 0 Å². The minimum atomic E-state index is -2.32. The number of benzene rings is 1. The predicted octanol–water partition coefficient (Wildman–Crippen LogP) is 4.16. The highest BCUT2D eigenvalue weighted by Crippen LogP contribution is 2.26. The zero-order valence-corrected chi connectivity index (χ0v) is 24.9. The van der Waals surface area contributed by atoms with E-state index in [1.54, 1.807) is 18.6 Å². The summed E-state index contributed by atoms with van der Waals surface area (Å²) in [5.74, 6) is 1.65. The van der Waals surface area contributed by atoms with E-state index in [1.807, 2.05) is 22.9 Å². The van der Waals surface area contributed by atoms with Gasteiger partial charge in [0.15, 0.2) is 11.5 Å². The van der Waals surface area contributed by atoms with Crippen molar-refractivity contribution in [2.45, 2.75) is 13.3 Å². The van der Waals surface area contributed by atoms with Gasteiger partial charge in [-0.25, -0.2) is 14.2 Å². The third-order valence-corrected chi connectivity index (χ3v) is 7.59. The maximum absolute atomic E-state index is 12.2. The lowest BCUT2D eigenvalue weighted by Crippen LogP contribution is -2.48. The van der Waals surface area contributed by atoms with Crippen LogP contribution in [0.5, 0.6) is 0 Å². The Hall–Kier alpha value is -3.54. The van der Waals surface area contributed by atoms with Gasteiger partial charge in [0, 0.05) is 90.2 Å². The number of pyridine rings is 1. The molecule has 0 spiro atoms. The summed E-state index contributed by atoms with van der Waals surface area (Å²) >= 11 is 0. The molecular formula is C29H39N9OS. The van der Waals surface area contributed by atoms with Crippen LogP contribution in [0.25, 0.3) is 16.9 Å². The summed E-state index contributed by atoms with van der Waals surface area (Å²) < 4.78 is 18.5.